The lowest BCUT2D eigenvalue weighted by Gasteiger charge is -2.30. The monoisotopic (exact) mass is 635 g/mol. The van der Waals surface area contributed by atoms with Gasteiger partial charge in [-0.05, 0) is 42.3 Å². The fourth-order valence-corrected chi connectivity index (χ4v) is 4.50. The molecule has 2 aromatic rings. The van der Waals surface area contributed by atoms with Crippen LogP contribution in [0.15, 0.2) is 35.5 Å². The molecule has 42 heavy (non-hydrogen) atoms. The standard InChI is InChI=1S/C24H16ClF10N3O4/c1-10-4-11(2-3-13(10)19(39)36-17-8-41-38(20(17)40)9-22(27,28)29)16-7-21(42-37-16,24(33,34)35)14-5-12(23(30,31)32)6-15(25)18(14)26/h2-6,17H,7-9H2,1H3,(H,36,39)/t17-,21+/m0/s1. The molecule has 0 radical (unpaired) electrons. The van der Waals surface area contributed by atoms with Gasteiger partial charge < -0.3 is 10.2 Å². The van der Waals surface area contributed by atoms with Crippen LogP contribution >= 0.6 is 11.6 Å². The van der Waals surface area contributed by atoms with Crippen LogP contribution in [0, 0.1) is 12.7 Å². The van der Waals surface area contributed by atoms with Gasteiger partial charge in [0.05, 0.1) is 22.7 Å². The lowest BCUT2D eigenvalue weighted by molar-refractivity contribution is -0.276. The molecule has 0 aliphatic carbocycles. The molecule has 0 saturated carbocycles. The molecular formula is C24H16ClF10N3O4. The van der Waals surface area contributed by atoms with E-state index in [-0.39, 0.29) is 33.9 Å². The third-order valence-corrected chi connectivity index (χ3v) is 6.63. The molecule has 2 atom stereocenters. The van der Waals surface area contributed by atoms with Crippen molar-refractivity contribution in [1.82, 2.24) is 10.4 Å². The molecule has 7 nitrogen and oxygen atoms in total. The number of hydrogen-bond acceptors (Lipinski definition) is 5. The van der Waals surface area contributed by atoms with Gasteiger partial charge in [-0.15, -0.1) is 0 Å². The summed E-state index contributed by atoms with van der Waals surface area (Å²) in [5.74, 6) is -3.87. The Bertz CT molecular complexity index is 1460. The molecule has 2 aliphatic rings. The van der Waals surface area contributed by atoms with Crippen LogP contribution in [-0.4, -0.2) is 54.1 Å². The van der Waals surface area contributed by atoms with Gasteiger partial charge in [0, 0.05) is 11.1 Å². The van der Waals surface area contributed by atoms with Crippen LogP contribution in [0.3, 0.4) is 0 Å². The zero-order valence-electron chi connectivity index (χ0n) is 20.8. The maximum atomic E-state index is 14.8. The molecule has 0 spiro atoms. The number of hydroxylamine groups is 2. The van der Waals surface area contributed by atoms with Gasteiger partial charge in [0.15, 0.2) is 0 Å². The van der Waals surface area contributed by atoms with E-state index in [1.54, 1.807) is 0 Å². The summed E-state index contributed by atoms with van der Waals surface area (Å²) in [5, 5.41) is 4.38. The first-order valence-electron chi connectivity index (χ1n) is 11.5. The van der Waals surface area contributed by atoms with E-state index >= 15 is 0 Å². The molecule has 2 amide bonds. The van der Waals surface area contributed by atoms with E-state index < -0.39 is 89.2 Å². The summed E-state index contributed by atoms with van der Waals surface area (Å²) in [4.78, 5) is 34.1. The first-order chi connectivity index (χ1) is 19.2. The zero-order chi connectivity index (χ0) is 31.4. The van der Waals surface area contributed by atoms with Crippen LogP contribution in [-0.2, 0) is 26.2 Å². The maximum Gasteiger partial charge on any atom is 0.435 e. The Kier molecular flexibility index (Phi) is 7.90. The minimum atomic E-state index is -5.47. The van der Waals surface area contributed by atoms with Crippen molar-refractivity contribution < 1.29 is 63.2 Å². The average molecular weight is 636 g/mol. The number of amides is 2. The number of rotatable bonds is 5. The highest BCUT2D eigenvalue weighted by Crippen LogP contribution is 2.51. The van der Waals surface area contributed by atoms with Gasteiger partial charge in [-0.2, -0.15) is 39.5 Å². The average Bonchev–Trinajstić information content (AvgIpc) is 3.44. The van der Waals surface area contributed by atoms with E-state index in [9.17, 15) is 53.5 Å². The Labute approximate surface area is 233 Å². The summed E-state index contributed by atoms with van der Waals surface area (Å²) >= 11 is 5.49. The highest BCUT2D eigenvalue weighted by Gasteiger charge is 2.64. The number of alkyl halides is 9. The van der Waals surface area contributed by atoms with E-state index in [0.717, 1.165) is 12.1 Å². The van der Waals surface area contributed by atoms with Crippen molar-refractivity contribution in [2.45, 2.75) is 43.5 Å². The second-order valence-corrected chi connectivity index (χ2v) is 9.70. The fourth-order valence-electron chi connectivity index (χ4n) is 4.28. The van der Waals surface area contributed by atoms with E-state index in [1.165, 1.54) is 13.0 Å². The number of benzene rings is 2. The molecular weight excluding hydrogens is 620 g/mol. The van der Waals surface area contributed by atoms with Crippen LogP contribution < -0.4 is 5.32 Å². The molecule has 0 aromatic heterocycles. The van der Waals surface area contributed by atoms with Gasteiger partial charge in [0.2, 0.25) is 0 Å². The van der Waals surface area contributed by atoms with Gasteiger partial charge in [0.1, 0.15) is 25.0 Å². The molecule has 2 aromatic carbocycles. The van der Waals surface area contributed by atoms with Crippen molar-refractivity contribution in [1.29, 1.82) is 0 Å². The highest BCUT2D eigenvalue weighted by molar-refractivity contribution is 6.30. The van der Waals surface area contributed by atoms with E-state index in [1.807, 2.05) is 0 Å². The van der Waals surface area contributed by atoms with E-state index in [0.29, 0.717) is 0 Å². The minimum Gasteiger partial charge on any atom is -0.374 e. The Balaban J connectivity index is 1.57. The topological polar surface area (TPSA) is 80.2 Å². The van der Waals surface area contributed by atoms with Crippen LogP contribution in [0.4, 0.5) is 43.9 Å². The van der Waals surface area contributed by atoms with Gasteiger partial charge in [-0.25, -0.2) is 9.45 Å². The van der Waals surface area contributed by atoms with Crippen molar-refractivity contribution in [2.24, 2.45) is 5.16 Å². The first-order valence-corrected chi connectivity index (χ1v) is 11.9. The number of nitrogens with one attached hydrogen (secondary N) is 1. The molecule has 2 heterocycles. The smallest absolute Gasteiger partial charge is 0.374 e. The molecule has 1 N–H and O–H groups in total. The van der Waals surface area contributed by atoms with Crippen molar-refractivity contribution in [3.63, 3.8) is 0 Å². The maximum absolute atomic E-state index is 14.8. The second-order valence-electron chi connectivity index (χ2n) is 9.29. The predicted octanol–water partition coefficient (Wildman–Crippen LogP) is 5.82. The quantitative estimate of drug-likeness (QED) is 0.420. The molecule has 1 saturated heterocycles. The number of aryl methyl sites for hydroxylation is 1. The van der Waals surface area contributed by atoms with Crippen molar-refractivity contribution in [3.8, 4) is 0 Å². The minimum absolute atomic E-state index is 0.0481. The number of oxime groups is 1. The lowest BCUT2D eigenvalue weighted by atomic mass is 9.85. The zero-order valence-corrected chi connectivity index (χ0v) is 21.5. The molecule has 4 rings (SSSR count). The van der Waals surface area contributed by atoms with Crippen molar-refractivity contribution in [3.05, 3.63) is 69.0 Å². The predicted molar refractivity (Wildman–Crippen MR) is 123 cm³/mol. The molecule has 1 fully saturated rings. The highest BCUT2D eigenvalue weighted by atomic mass is 35.5. The first kappa shape index (κ1) is 31.3. The van der Waals surface area contributed by atoms with Gasteiger partial charge in [-0.3, -0.25) is 14.4 Å². The summed E-state index contributed by atoms with van der Waals surface area (Å²) in [6.45, 7) is -0.950. The van der Waals surface area contributed by atoms with Crippen molar-refractivity contribution in [2.75, 3.05) is 13.2 Å². The lowest BCUT2D eigenvalue weighted by Crippen LogP contribution is -2.44. The molecule has 0 bridgehead atoms. The molecule has 18 heteroatoms. The number of halogens is 11. The third kappa shape index (κ3) is 5.97. The van der Waals surface area contributed by atoms with Crippen molar-refractivity contribution >= 4 is 29.1 Å². The molecule has 2 aliphatic heterocycles. The van der Waals surface area contributed by atoms with Gasteiger partial charge in [0.25, 0.3) is 17.4 Å². The van der Waals surface area contributed by atoms with Crippen LogP contribution in [0.2, 0.25) is 5.02 Å². The largest absolute Gasteiger partial charge is 0.435 e. The third-order valence-electron chi connectivity index (χ3n) is 6.35. The number of nitrogens with zero attached hydrogens (tertiary/aromatic N) is 2. The second kappa shape index (κ2) is 10.6. The van der Waals surface area contributed by atoms with Gasteiger partial charge in [-0.1, -0.05) is 22.8 Å². The van der Waals surface area contributed by atoms with E-state index in [4.69, 9.17) is 11.6 Å². The Morgan fingerprint density at radius 2 is 1.79 bits per heavy atom. The summed E-state index contributed by atoms with van der Waals surface area (Å²) in [7, 11) is 0. The van der Waals surface area contributed by atoms with Crippen LogP contribution in [0.5, 0.6) is 0 Å². The number of carbonyl (C=O) groups excluding carboxylic acids is 2. The Morgan fingerprint density at radius 1 is 1.12 bits per heavy atom. The molecule has 0 unspecified atom stereocenters. The number of carbonyl (C=O) groups is 2. The summed E-state index contributed by atoms with van der Waals surface area (Å²) in [6.07, 6.45) is -16.7. The normalized spacial score (nSPS) is 21.4. The summed E-state index contributed by atoms with van der Waals surface area (Å²) in [6, 6.07) is 2.00. The Hall–Kier alpha value is -3.60. The fraction of sp³-hybridized carbons (Fsp3) is 0.375. The summed E-state index contributed by atoms with van der Waals surface area (Å²) < 4.78 is 135. The van der Waals surface area contributed by atoms with E-state index in [2.05, 4.69) is 20.1 Å². The SMILES string of the molecule is Cc1cc(C2=NO[C@](c3cc(C(F)(F)F)cc(Cl)c3F)(C(F)(F)F)C2)ccc1C(=O)N[C@H]1CON(CC(F)(F)F)C1=O. The Morgan fingerprint density at radius 3 is 2.36 bits per heavy atom. The number of hydrogen-bond donors (Lipinski definition) is 1. The van der Waals surface area contributed by atoms with Gasteiger partial charge >= 0.3 is 18.5 Å². The van der Waals surface area contributed by atoms with Crippen LogP contribution in [0.1, 0.15) is 39.0 Å². The summed E-state index contributed by atoms with van der Waals surface area (Å²) in [5.41, 5.74) is -7.43. The molecule has 228 valence electrons. The van der Waals surface area contributed by atoms with Crippen LogP contribution in [0.25, 0.3) is 0 Å².